The molecule has 1 aliphatic rings. The summed E-state index contributed by atoms with van der Waals surface area (Å²) in [5.41, 5.74) is 2.62. The highest BCUT2D eigenvalue weighted by Crippen LogP contribution is 2.29. The fraction of sp³-hybridized carbons (Fsp3) is 0.231. The molecule has 0 radical (unpaired) electrons. The van der Waals surface area contributed by atoms with E-state index >= 15 is 0 Å². The minimum Gasteiger partial charge on any atom is -0.350 e. The number of halogens is 1. The van der Waals surface area contributed by atoms with Gasteiger partial charge in [-0.2, -0.15) is 0 Å². The summed E-state index contributed by atoms with van der Waals surface area (Å²) in [5, 5.41) is 7.49. The highest BCUT2D eigenvalue weighted by atomic mass is 32.2. The van der Waals surface area contributed by atoms with Crippen molar-refractivity contribution in [1.29, 1.82) is 0 Å². The molecule has 35 heavy (non-hydrogen) atoms. The summed E-state index contributed by atoms with van der Waals surface area (Å²) in [7, 11) is -3.66. The third-order valence-electron chi connectivity index (χ3n) is 5.96. The first-order valence-electron chi connectivity index (χ1n) is 11.5. The number of nitrogens with one attached hydrogen (secondary N) is 3. The Morgan fingerprint density at radius 2 is 1.91 bits per heavy atom. The Hall–Kier alpha value is -3.56. The predicted octanol–water partition coefficient (Wildman–Crippen LogP) is 4.54. The molecule has 0 amide bonds. The van der Waals surface area contributed by atoms with Crippen molar-refractivity contribution in [3.05, 3.63) is 84.3 Å². The molecule has 0 spiro atoms. The summed E-state index contributed by atoms with van der Waals surface area (Å²) in [6.07, 6.45) is 3.90. The average Bonchev–Trinajstić information content (AvgIpc) is 2.86. The Kier molecular flexibility index (Phi) is 6.61. The van der Waals surface area contributed by atoms with Gasteiger partial charge in [-0.1, -0.05) is 36.4 Å². The van der Waals surface area contributed by atoms with E-state index in [2.05, 4.69) is 25.3 Å². The predicted molar refractivity (Wildman–Crippen MR) is 137 cm³/mol. The van der Waals surface area contributed by atoms with E-state index in [0.29, 0.717) is 34.4 Å². The maximum atomic E-state index is 14.7. The minimum atomic E-state index is -3.66. The molecule has 0 aliphatic carbocycles. The van der Waals surface area contributed by atoms with Gasteiger partial charge in [0.2, 0.25) is 16.0 Å². The van der Waals surface area contributed by atoms with Crippen LogP contribution in [0.3, 0.4) is 0 Å². The first kappa shape index (κ1) is 23.2. The fourth-order valence-corrected chi connectivity index (χ4v) is 5.44. The van der Waals surface area contributed by atoms with Gasteiger partial charge in [0.05, 0.1) is 11.3 Å². The van der Waals surface area contributed by atoms with Crippen molar-refractivity contribution < 1.29 is 12.8 Å². The van der Waals surface area contributed by atoms with Gasteiger partial charge < -0.3 is 10.6 Å². The van der Waals surface area contributed by atoms with Gasteiger partial charge in [-0.3, -0.25) is 4.72 Å². The number of benzene rings is 3. The zero-order valence-corrected chi connectivity index (χ0v) is 19.9. The Balaban J connectivity index is 1.36. The summed E-state index contributed by atoms with van der Waals surface area (Å²) in [5.74, 6) is -0.0412. The van der Waals surface area contributed by atoms with Crippen molar-refractivity contribution in [2.24, 2.45) is 0 Å². The number of sulfonamides is 1. The molecule has 7 nitrogen and oxygen atoms in total. The maximum Gasteiger partial charge on any atom is 0.236 e. The molecule has 1 atom stereocenters. The van der Waals surface area contributed by atoms with Crippen LogP contribution in [0.5, 0.6) is 0 Å². The van der Waals surface area contributed by atoms with Crippen LogP contribution in [0, 0.1) is 5.82 Å². The standard InChI is InChI=1S/C26H26FN5O2S/c27-24-10-9-21(32-35(33,34)17-18-5-2-1-3-6-18)14-23(24)19-8-11-25-20(13-19)15-29-26(31-25)30-22-7-4-12-28-16-22/h1-3,5-6,8-11,13-15,22,28,32H,4,7,12,16-17H2,(H,29,30,31)/t22-/m0/s1. The Bertz CT molecular complexity index is 1440. The van der Waals surface area contributed by atoms with Gasteiger partial charge >= 0.3 is 0 Å². The number of fused-ring (bicyclic) bond motifs is 1. The van der Waals surface area contributed by atoms with Crippen LogP contribution < -0.4 is 15.4 Å². The van der Waals surface area contributed by atoms with Crippen LogP contribution in [0.2, 0.25) is 0 Å². The van der Waals surface area contributed by atoms with E-state index < -0.39 is 15.8 Å². The molecule has 1 aromatic heterocycles. The summed E-state index contributed by atoms with van der Waals surface area (Å²) >= 11 is 0. The van der Waals surface area contributed by atoms with Crippen molar-refractivity contribution in [2.45, 2.75) is 24.6 Å². The molecule has 180 valence electrons. The molecular formula is C26H26FN5O2S. The van der Waals surface area contributed by atoms with Gasteiger partial charge in [0, 0.05) is 35.4 Å². The average molecular weight is 492 g/mol. The van der Waals surface area contributed by atoms with Gasteiger partial charge in [0.25, 0.3) is 0 Å². The van der Waals surface area contributed by atoms with Gasteiger partial charge in [-0.15, -0.1) is 0 Å². The highest BCUT2D eigenvalue weighted by Gasteiger charge is 2.16. The van der Waals surface area contributed by atoms with Crippen molar-refractivity contribution in [3.8, 4) is 11.1 Å². The molecule has 5 rings (SSSR count). The van der Waals surface area contributed by atoms with Gasteiger partial charge in [0.15, 0.2) is 0 Å². The lowest BCUT2D eigenvalue weighted by molar-refractivity contribution is 0.478. The lowest BCUT2D eigenvalue weighted by Gasteiger charge is -2.23. The zero-order valence-electron chi connectivity index (χ0n) is 19.0. The van der Waals surface area contributed by atoms with Crippen molar-refractivity contribution >= 4 is 32.6 Å². The topological polar surface area (TPSA) is 96.0 Å². The quantitative estimate of drug-likeness (QED) is 0.351. The largest absolute Gasteiger partial charge is 0.350 e. The third kappa shape index (κ3) is 5.75. The number of rotatable bonds is 7. The number of anilines is 2. The van der Waals surface area contributed by atoms with Gasteiger partial charge in [-0.25, -0.2) is 22.8 Å². The summed E-state index contributed by atoms with van der Waals surface area (Å²) in [6.45, 7) is 1.91. The van der Waals surface area contributed by atoms with E-state index in [1.807, 2.05) is 18.2 Å². The second kappa shape index (κ2) is 9.97. The van der Waals surface area contributed by atoms with Crippen LogP contribution in [0.15, 0.2) is 72.9 Å². The molecule has 2 heterocycles. The van der Waals surface area contributed by atoms with Crippen molar-refractivity contribution in [3.63, 3.8) is 0 Å². The van der Waals surface area contributed by atoms with Crippen molar-refractivity contribution in [2.75, 3.05) is 23.1 Å². The second-order valence-corrected chi connectivity index (χ2v) is 10.4. The van der Waals surface area contributed by atoms with Crippen LogP contribution in [0.25, 0.3) is 22.0 Å². The van der Waals surface area contributed by atoms with Crippen LogP contribution in [0.1, 0.15) is 18.4 Å². The SMILES string of the molecule is O=S(=O)(Cc1ccccc1)Nc1ccc(F)c(-c2ccc3nc(N[C@H]4CCCNC4)ncc3c2)c1. The highest BCUT2D eigenvalue weighted by molar-refractivity contribution is 7.91. The summed E-state index contributed by atoms with van der Waals surface area (Å²) in [4.78, 5) is 9.03. The number of nitrogens with zero attached hydrogens (tertiary/aromatic N) is 2. The van der Waals surface area contributed by atoms with E-state index in [4.69, 9.17) is 0 Å². The third-order valence-corrected chi connectivity index (χ3v) is 7.22. The molecule has 1 aliphatic heterocycles. The first-order valence-corrected chi connectivity index (χ1v) is 13.2. The summed E-state index contributed by atoms with van der Waals surface area (Å²) in [6, 6.07) is 18.8. The lowest BCUT2D eigenvalue weighted by Crippen LogP contribution is -2.38. The van der Waals surface area contributed by atoms with Crippen molar-refractivity contribution in [1.82, 2.24) is 15.3 Å². The van der Waals surface area contributed by atoms with E-state index in [9.17, 15) is 12.8 Å². The van der Waals surface area contributed by atoms with Crippen LogP contribution in [-0.4, -0.2) is 37.5 Å². The molecule has 3 aromatic carbocycles. The maximum absolute atomic E-state index is 14.7. The van der Waals surface area contributed by atoms with Crippen LogP contribution >= 0.6 is 0 Å². The van der Waals surface area contributed by atoms with Gasteiger partial charge in [0.1, 0.15) is 5.82 Å². The fourth-order valence-electron chi connectivity index (χ4n) is 4.25. The second-order valence-electron chi connectivity index (χ2n) is 8.70. The molecule has 0 unspecified atom stereocenters. The zero-order chi connectivity index (χ0) is 24.3. The smallest absolute Gasteiger partial charge is 0.236 e. The Labute approximate surface area is 203 Å². The number of aromatic nitrogens is 2. The van der Waals surface area contributed by atoms with Gasteiger partial charge in [-0.05, 0) is 60.8 Å². The molecule has 0 saturated carbocycles. The Morgan fingerprint density at radius 1 is 1.06 bits per heavy atom. The lowest BCUT2D eigenvalue weighted by atomic mass is 10.0. The van der Waals surface area contributed by atoms with Crippen LogP contribution in [0.4, 0.5) is 16.0 Å². The Morgan fingerprint density at radius 3 is 2.71 bits per heavy atom. The molecular weight excluding hydrogens is 465 g/mol. The van der Waals surface area contributed by atoms with E-state index in [0.717, 1.165) is 36.8 Å². The normalized spacial score (nSPS) is 16.2. The van der Waals surface area contributed by atoms with E-state index in [1.54, 1.807) is 36.5 Å². The van der Waals surface area contributed by atoms with Crippen LogP contribution in [-0.2, 0) is 15.8 Å². The number of hydrogen-bond acceptors (Lipinski definition) is 6. The van der Waals surface area contributed by atoms with E-state index in [1.165, 1.54) is 18.2 Å². The first-order chi connectivity index (χ1) is 16.9. The monoisotopic (exact) mass is 491 g/mol. The number of piperidine rings is 1. The number of hydrogen-bond donors (Lipinski definition) is 3. The molecule has 4 aromatic rings. The minimum absolute atomic E-state index is 0.166. The molecule has 3 N–H and O–H groups in total. The molecule has 1 fully saturated rings. The molecule has 0 bridgehead atoms. The van der Waals surface area contributed by atoms with E-state index in [-0.39, 0.29) is 5.75 Å². The molecule has 1 saturated heterocycles. The summed E-state index contributed by atoms with van der Waals surface area (Å²) < 4.78 is 42.5. The molecule has 9 heteroatoms.